The minimum atomic E-state index is -0.485. The van der Waals surface area contributed by atoms with Crippen LogP contribution in [0.3, 0.4) is 0 Å². The van der Waals surface area contributed by atoms with Crippen molar-refractivity contribution in [2.75, 3.05) is 27.2 Å². The van der Waals surface area contributed by atoms with E-state index in [0.717, 1.165) is 13.0 Å². The third kappa shape index (κ3) is 4.50. The fourth-order valence-electron chi connectivity index (χ4n) is 1.48. The average Bonchev–Trinajstić information content (AvgIpc) is 2.34. The van der Waals surface area contributed by atoms with Gasteiger partial charge in [-0.05, 0) is 12.1 Å². The van der Waals surface area contributed by atoms with Gasteiger partial charge in [-0.15, -0.1) is 0 Å². The number of non-ortho nitro benzene ring substituents is 1. The van der Waals surface area contributed by atoms with Crippen LogP contribution in [0.2, 0.25) is 0 Å². The van der Waals surface area contributed by atoms with Gasteiger partial charge in [0.05, 0.1) is 25.6 Å². The Bertz CT molecular complexity index is 415. The summed E-state index contributed by atoms with van der Waals surface area (Å²) in [5.41, 5.74) is 0.431. The highest BCUT2D eigenvalue weighted by Gasteiger charge is 2.08. The Morgan fingerprint density at radius 3 is 2.44 bits per heavy atom. The molecule has 1 aromatic carbocycles. The number of quaternary nitrogens is 1. The fourth-order valence-corrected chi connectivity index (χ4v) is 1.48. The van der Waals surface area contributed by atoms with Gasteiger partial charge < -0.3 is 10.2 Å². The predicted molar refractivity (Wildman–Crippen MR) is 67.7 cm³/mol. The zero-order valence-corrected chi connectivity index (χ0v) is 10.6. The molecule has 0 aromatic heterocycles. The third-order valence-electron chi connectivity index (χ3n) is 2.48. The van der Waals surface area contributed by atoms with Gasteiger partial charge in [0.2, 0.25) is 0 Å². The standard InChI is InChI=1S/C12H17N3O3/c1-14(2)9-3-8-13-12(16)10-4-6-11(7-5-10)15(17)18/h4-7H,3,8-9H2,1-2H3,(H,13,16)/p+1. The number of rotatable bonds is 6. The van der Waals surface area contributed by atoms with Gasteiger partial charge >= 0.3 is 0 Å². The molecule has 0 aliphatic heterocycles. The molecule has 0 fully saturated rings. The topological polar surface area (TPSA) is 76.7 Å². The van der Waals surface area contributed by atoms with Crippen molar-refractivity contribution in [1.82, 2.24) is 5.32 Å². The first-order valence-corrected chi connectivity index (χ1v) is 5.82. The molecule has 0 unspecified atom stereocenters. The second-order valence-electron chi connectivity index (χ2n) is 4.37. The summed E-state index contributed by atoms with van der Waals surface area (Å²) in [7, 11) is 4.11. The van der Waals surface area contributed by atoms with Crippen LogP contribution in [0, 0.1) is 10.1 Å². The van der Waals surface area contributed by atoms with E-state index in [1.165, 1.54) is 29.2 Å². The molecule has 6 heteroatoms. The summed E-state index contributed by atoms with van der Waals surface area (Å²) >= 11 is 0. The minimum Gasteiger partial charge on any atom is -0.352 e. The number of benzene rings is 1. The van der Waals surface area contributed by atoms with Crippen LogP contribution in [0.25, 0.3) is 0 Å². The highest BCUT2D eigenvalue weighted by atomic mass is 16.6. The molecule has 0 aliphatic rings. The van der Waals surface area contributed by atoms with Gasteiger partial charge in [-0.1, -0.05) is 0 Å². The Labute approximate surface area is 106 Å². The number of nitrogens with zero attached hydrogens (tertiary/aromatic N) is 1. The molecule has 0 spiro atoms. The molecule has 0 saturated heterocycles. The highest BCUT2D eigenvalue weighted by Crippen LogP contribution is 2.11. The molecule has 0 heterocycles. The number of carbonyl (C=O) groups is 1. The summed E-state index contributed by atoms with van der Waals surface area (Å²) in [6.07, 6.45) is 0.904. The molecule has 1 aromatic rings. The Morgan fingerprint density at radius 2 is 1.94 bits per heavy atom. The fraction of sp³-hybridized carbons (Fsp3) is 0.417. The number of nitrogens with one attached hydrogen (secondary N) is 2. The van der Waals surface area contributed by atoms with Crippen molar-refractivity contribution in [1.29, 1.82) is 0 Å². The summed E-state index contributed by atoms with van der Waals surface area (Å²) in [6, 6.07) is 5.59. The lowest BCUT2D eigenvalue weighted by Crippen LogP contribution is -3.05. The van der Waals surface area contributed by atoms with E-state index < -0.39 is 4.92 Å². The van der Waals surface area contributed by atoms with Crippen LogP contribution in [-0.2, 0) is 0 Å². The molecule has 2 N–H and O–H groups in total. The molecule has 6 nitrogen and oxygen atoms in total. The van der Waals surface area contributed by atoms with E-state index in [1.54, 1.807) is 0 Å². The first-order chi connectivity index (χ1) is 8.50. The van der Waals surface area contributed by atoms with Gasteiger partial charge in [-0.2, -0.15) is 0 Å². The molecule has 0 saturated carbocycles. The van der Waals surface area contributed by atoms with Crippen LogP contribution in [0.15, 0.2) is 24.3 Å². The molecule has 0 bridgehead atoms. The third-order valence-corrected chi connectivity index (χ3v) is 2.48. The number of nitro benzene ring substituents is 1. The Hall–Kier alpha value is -1.95. The van der Waals surface area contributed by atoms with E-state index in [2.05, 4.69) is 19.4 Å². The van der Waals surface area contributed by atoms with E-state index in [9.17, 15) is 14.9 Å². The summed E-state index contributed by atoms with van der Waals surface area (Å²) in [6.45, 7) is 1.60. The molecule has 0 atom stereocenters. The van der Waals surface area contributed by atoms with Gasteiger partial charge in [-0.25, -0.2) is 0 Å². The predicted octanol–water partition coefficient (Wildman–Crippen LogP) is -0.141. The second kappa shape index (κ2) is 6.70. The lowest BCUT2D eigenvalue weighted by atomic mass is 10.2. The Balaban J connectivity index is 2.44. The maximum absolute atomic E-state index is 11.7. The van der Waals surface area contributed by atoms with Gasteiger partial charge in [-0.3, -0.25) is 14.9 Å². The van der Waals surface area contributed by atoms with E-state index in [-0.39, 0.29) is 11.6 Å². The zero-order chi connectivity index (χ0) is 13.5. The van der Waals surface area contributed by atoms with E-state index >= 15 is 0 Å². The van der Waals surface area contributed by atoms with Gasteiger partial charge in [0.25, 0.3) is 11.6 Å². The first kappa shape index (κ1) is 14.1. The summed E-state index contributed by atoms with van der Waals surface area (Å²) in [5.74, 6) is -0.196. The van der Waals surface area contributed by atoms with Crippen LogP contribution >= 0.6 is 0 Å². The van der Waals surface area contributed by atoms with Crippen molar-refractivity contribution in [3.05, 3.63) is 39.9 Å². The van der Waals surface area contributed by atoms with Crippen molar-refractivity contribution in [2.45, 2.75) is 6.42 Å². The average molecular weight is 252 g/mol. The highest BCUT2D eigenvalue weighted by molar-refractivity contribution is 5.94. The molecule has 1 rings (SSSR count). The van der Waals surface area contributed by atoms with E-state index in [0.29, 0.717) is 12.1 Å². The monoisotopic (exact) mass is 252 g/mol. The Morgan fingerprint density at radius 1 is 1.33 bits per heavy atom. The second-order valence-corrected chi connectivity index (χ2v) is 4.37. The molecule has 0 aliphatic carbocycles. The van der Waals surface area contributed by atoms with Crippen molar-refractivity contribution in [3.63, 3.8) is 0 Å². The van der Waals surface area contributed by atoms with Crippen molar-refractivity contribution in [3.8, 4) is 0 Å². The van der Waals surface area contributed by atoms with E-state index in [1.807, 2.05) is 0 Å². The molecule has 18 heavy (non-hydrogen) atoms. The number of hydrogen-bond donors (Lipinski definition) is 2. The first-order valence-electron chi connectivity index (χ1n) is 5.82. The zero-order valence-electron chi connectivity index (χ0n) is 10.6. The Kier molecular flexibility index (Phi) is 5.26. The van der Waals surface area contributed by atoms with Crippen molar-refractivity contribution >= 4 is 11.6 Å². The number of carbonyl (C=O) groups excluding carboxylic acids is 1. The van der Waals surface area contributed by atoms with E-state index in [4.69, 9.17) is 0 Å². The number of nitro groups is 1. The van der Waals surface area contributed by atoms with Crippen LogP contribution in [0.4, 0.5) is 5.69 Å². The van der Waals surface area contributed by atoms with Crippen LogP contribution in [0.5, 0.6) is 0 Å². The molecule has 98 valence electrons. The molecule has 1 amide bonds. The molecular formula is C12H18N3O3+. The van der Waals surface area contributed by atoms with Gasteiger partial charge in [0, 0.05) is 30.7 Å². The maximum Gasteiger partial charge on any atom is 0.269 e. The van der Waals surface area contributed by atoms with Gasteiger partial charge in [0.15, 0.2) is 0 Å². The molecule has 0 radical (unpaired) electrons. The molecular weight excluding hydrogens is 234 g/mol. The largest absolute Gasteiger partial charge is 0.352 e. The summed E-state index contributed by atoms with van der Waals surface area (Å²) in [4.78, 5) is 23.0. The van der Waals surface area contributed by atoms with Crippen molar-refractivity contribution < 1.29 is 14.6 Å². The lowest BCUT2D eigenvalue weighted by Gasteiger charge is -2.08. The quantitative estimate of drug-likeness (QED) is 0.420. The normalized spacial score (nSPS) is 10.4. The van der Waals surface area contributed by atoms with Gasteiger partial charge in [0.1, 0.15) is 0 Å². The smallest absolute Gasteiger partial charge is 0.269 e. The van der Waals surface area contributed by atoms with Crippen LogP contribution in [-0.4, -0.2) is 38.0 Å². The van der Waals surface area contributed by atoms with Crippen LogP contribution in [0.1, 0.15) is 16.8 Å². The SMILES string of the molecule is C[NH+](C)CCCNC(=O)c1ccc([N+](=O)[O-])cc1. The van der Waals surface area contributed by atoms with Crippen molar-refractivity contribution in [2.24, 2.45) is 0 Å². The summed E-state index contributed by atoms with van der Waals surface area (Å²) in [5, 5.41) is 13.2. The lowest BCUT2D eigenvalue weighted by molar-refractivity contribution is -0.858. The number of amides is 1. The van der Waals surface area contributed by atoms with Crippen LogP contribution < -0.4 is 10.2 Å². The minimum absolute atomic E-state index is 0.0113. The maximum atomic E-state index is 11.7. The summed E-state index contributed by atoms with van der Waals surface area (Å²) < 4.78 is 0. The number of hydrogen-bond acceptors (Lipinski definition) is 3.